The molecule has 6 nitrogen and oxygen atoms in total. The molecule has 0 spiro atoms. The van der Waals surface area contributed by atoms with Crippen LogP contribution in [0, 0.1) is 5.21 Å². The van der Waals surface area contributed by atoms with Crippen LogP contribution < -0.4 is 4.73 Å². The molecule has 0 saturated carbocycles. The Morgan fingerprint density at radius 1 is 0.789 bits per heavy atom. The largest absolute Gasteiger partial charge is 0.618 e. The number of pyridine rings is 1. The number of hydrogen-bond acceptors (Lipinski definition) is 5. The van der Waals surface area contributed by atoms with Crippen LogP contribution in [0.4, 0.5) is 0 Å². The number of hydrogen-bond donors (Lipinski definition) is 0. The normalized spacial score (nSPS) is 24.2. The zero-order chi connectivity index (χ0) is 29.7. The summed E-state index contributed by atoms with van der Waals surface area (Å²) in [5, 5.41) is 13.3. The molecule has 2 rings (SSSR count). The van der Waals surface area contributed by atoms with Crippen LogP contribution in [0.25, 0.3) is 0 Å². The smallest absolute Gasteiger partial charge is 0.259 e. The first-order chi connectivity index (χ1) is 16.8. The lowest BCUT2D eigenvalue weighted by Gasteiger charge is -2.44. The Kier molecular flexibility index (Phi) is 10.1. The lowest BCUT2D eigenvalue weighted by atomic mass is 10.1. The molecule has 1 fully saturated rings. The van der Waals surface area contributed by atoms with Crippen LogP contribution in [0.2, 0.25) is 54.4 Å². The Bertz CT molecular complexity index is 967. The summed E-state index contributed by atoms with van der Waals surface area (Å²) in [5.74, 6) is 0. The van der Waals surface area contributed by atoms with E-state index >= 15 is 0 Å². The fraction of sp³-hybridized carbons (Fsp3) is 0.821. The van der Waals surface area contributed by atoms with Gasteiger partial charge in [-0.2, -0.15) is 4.73 Å². The van der Waals surface area contributed by atoms with Crippen molar-refractivity contribution in [3.8, 4) is 0 Å². The monoisotopic (exact) mass is 647 g/mol. The van der Waals surface area contributed by atoms with Gasteiger partial charge < -0.3 is 23.2 Å². The second-order valence-electron chi connectivity index (χ2n) is 15.4. The highest BCUT2D eigenvalue weighted by Gasteiger charge is 2.56. The molecular formula is C28H54BrNO5Si3. The van der Waals surface area contributed by atoms with Crippen LogP contribution in [0.5, 0.6) is 0 Å². The minimum Gasteiger partial charge on any atom is -0.618 e. The van der Waals surface area contributed by atoms with E-state index in [0.29, 0.717) is 16.9 Å². The highest BCUT2D eigenvalue weighted by atomic mass is 79.9. The lowest BCUT2D eigenvalue weighted by molar-refractivity contribution is -0.630. The molecule has 1 aliphatic rings. The second kappa shape index (κ2) is 11.3. The minimum absolute atomic E-state index is 0.00562. The van der Waals surface area contributed by atoms with Gasteiger partial charge in [0.2, 0.25) is 5.69 Å². The van der Waals surface area contributed by atoms with Gasteiger partial charge in [0.15, 0.2) is 31.1 Å². The Labute approximate surface area is 244 Å². The summed E-state index contributed by atoms with van der Waals surface area (Å²) in [7, 11) is -6.53. The highest BCUT2D eigenvalue weighted by molar-refractivity contribution is 9.10. The van der Waals surface area contributed by atoms with E-state index in [0.717, 1.165) is 4.73 Å². The van der Waals surface area contributed by atoms with Crippen LogP contribution >= 0.6 is 15.9 Å². The van der Waals surface area contributed by atoms with Crippen molar-refractivity contribution in [2.24, 2.45) is 0 Å². The average molecular weight is 649 g/mol. The summed E-state index contributed by atoms with van der Waals surface area (Å²) in [6, 6.07) is 5.46. The fourth-order valence-electron chi connectivity index (χ4n) is 3.61. The number of ether oxygens (including phenoxy) is 1. The van der Waals surface area contributed by atoms with E-state index in [1.165, 1.54) is 0 Å². The standard InChI is InChI=1S/C28H54BrNO5Si3/c1-26(2,3)36(10,11)32-19-21-24(34-37(12,13)27(4,5)6)25(35-38(14,15)28(7,8)9)23(33-21)20-17-16-18-22(29)30(20)31/h16-18,21,23-25H,19H2,1-15H3/t21-,23-,24-,25+/m1/s1. The summed E-state index contributed by atoms with van der Waals surface area (Å²) in [5.41, 5.74) is 0.529. The van der Waals surface area contributed by atoms with Gasteiger partial charge >= 0.3 is 0 Å². The van der Waals surface area contributed by atoms with E-state index in [-0.39, 0.29) is 27.3 Å². The van der Waals surface area contributed by atoms with Crippen molar-refractivity contribution < 1.29 is 22.7 Å². The van der Waals surface area contributed by atoms with Crippen molar-refractivity contribution in [1.82, 2.24) is 0 Å². The van der Waals surface area contributed by atoms with Crippen molar-refractivity contribution in [1.29, 1.82) is 0 Å². The van der Waals surface area contributed by atoms with Crippen molar-refractivity contribution >= 4 is 40.9 Å². The van der Waals surface area contributed by atoms with Gasteiger partial charge in [0.25, 0.3) is 4.60 Å². The van der Waals surface area contributed by atoms with E-state index < -0.39 is 37.2 Å². The number of aromatic nitrogens is 1. The van der Waals surface area contributed by atoms with Crippen molar-refractivity contribution in [3.63, 3.8) is 0 Å². The Hall–Kier alpha value is -0.0794. The van der Waals surface area contributed by atoms with Gasteiger partial charge in [0.1, 0.15) is 18.3 Å². The Morgan fingerprint density at radius 3 is 1.68 bits per heavy atom. The van der Waals surface area contributed by atoms with Crippen LogP contribution in [-0.2, 0) is 18.0 Å². The topological polar surface area (TPSA) is 63.9 Å². The Balaban J connectivity index is 2.65. The summed E-state index contributed by atoms with van der Waals surface area (Å²) in [6.07, 6.45) is -1.69. The number of nitrogens with zero attached hydrogens (tertiary/aromatic N) is 1. The van der Waals surface area contributed by atoms with E-state index in [2.05, 4.69) is 118 Å². The third kappa shape index (κ3) is 7.40. The van der Waals surface area contributed by atoms with Gasteiger partial charge in [0.05, 0.1) is 6.61 Å². The third-order valence-electron chi connectivity index (χ3n) is 9.42. The fourth-order valence-corrected chi connectivity index (χ4v) is 7.59. The van der Waals surface area contributed by atoms with E-state index in [9.17, 15) is 5.21 Å². The molecule has 1 aliphatic heterocycles. The number of halogens is 1. The van der Waals surface area contributed by atoms with Crippen molar-refractivity contribution in [2.45, 2.75) is 141 Å². The molecule has 0 aliphatic carbocycles. The molecule has 38 heavy (non-hydrogen) atoms. The van der Waals surface area contributed by atoms with Gasteiger partial charge in [-0.3, -0.25) is 0 Å². The first kappa shape index (κ1) is 34.1. The predicted molar refractivity (Wildman–Crippen MR) is 168 cm³/mol. The van der Waals surface area contributed by atoms with Crippen LogP contribution in [0.1, 0.15) is 74.1 Å². The molecule has 10 heteroatoms. The van der Waals surface area contributed by atoms with E-state index in [4.69, 9.17) is 18.0 Å². The maximum atomic E-state index is 13.3. The summed E-state index contributed by atoms with van der Waals surface area (Å²) in [6.45, 7) is 34.1. The Morgan fingerprint density at radius 2 is 1.24 bits per heavy atom. The molecular weight excluding hydrogens is 594 g/mol. The van der Waals surface area contributed by atoms with Gasteiger partial charge in [-0.1, -0.05) is 62.3 Å². The molecule has 1 saturated heterocycles. The maximum Gasteiger partial charge on any atom is 0.259 e. The second-order valence-corrected chi connectivity index (χ2v) is 30.6. The van der Waals surface area contributed by atoms with E-state index in [1.54, 1.807) is 6.07 Å². The minimum atomic E-state index is -2.26. The molecule has 0 radical (unpaired) electrons. The van der Waals surface area contributed by atoms with Crippen LogP contribution in [0.3, 0.4) is 0 Å². The number of rotatable bonds is 8. The quantitative estimate of drug-likeness (QED) is 0.123. The van der Waals surface area contributed by atoms with E-state index in [1.807, 2.05) is 12.1 Å². The molecule has 2 heterocycles. The molecule has 0 aromatic carbocycles. The van der Waals surface area contributed by atoms with Crippen LogP contribution in [-0.4, -0.2) is 49.9 Å². The SMILES string of the molecule is CC(C)(C)[Si](C)(C)OC[C@H]1O[C@H](c2cccc(Br)[n+]2[O-])[C@H](O[Si](C)(C)C(C)(C)C)[C@@H]1O[Si](C)(C)C(C)(C)C. The van der Waals surface area contributed by atoms with Crippen molar-refractivity contribution in [2.75, 3.05) is 6.61 Å². The third-order valence-corrected chi connectivity index (χ3v) is 23.5. The molecule has 4 atom stereocenters. The molecule has 0 bridgehead atoms. The lowest BCUT2D eigenvalue weighted by Crippen LogP contribution is -2.54. The molecule has 1 aromatic heterocycles. The summed E-state index contributed by atoms with van der Waals surface area (Å²) < 4.78 is 29.1. The van der Waals surface area contributed by atoms with Gasteiger partial charge in [-0.25, -0.2) is 0 Å². The van der Waals surface area contributed by atoms with Gasteiger partial charge in [-0.15, -0.1) is 0 Å². The first-order valence-corrected chi connectivity index (χ1v) is 23.4. The molecule has 0 unspecified atom stereocenters. The average Bonchev–Trinajstić information content (AvgIpc) is 3.02. The molecule has 0 amide bonds. The zero-order valence-electron chi connectivity index (χ0n) is 26.6. The maximum absolute atomic E-state index is 13.3. The first-order valence-electron chi connectivity index (χ1n) is 13.9. The zero-order valence-corrected chi connectivity index (χ0v) is 31.2. The van der Waals surface area contributed by atoms with Crippen LogP contribution in [0.15, 0.2) is 22.8 Å². The van der Waals surface area contributed by atoms with Gasteiger partial charge in [-0.05, 0) is 60.5 Å². The summed E-state index contributed by atoms with van der Waals surface area (Å²) >= 11 is 3.41. The van der Waals surface area contributed by atoms with Crippen molar-refractivity contribution in [3.05, 3.63) is 33.7 Å². The summed E-state index contributed by atoms with van der Waals surface area (Å²) in [4.78, 5) is 0. The predicted octanol–water partition coefficient (Wildman–Crippen LogP) is 8.33. The molecule has 1 aromatic rings. The molecule has 0 N–H and O–H groups in total. The van der Waals surface area contributed by atoms with Gasteiger partial charge in [0, 0.05) is 28.1 Å². The molecule has 220 valence electrons. The highest BCUT2D eigenvalue weighted by Crippen LogP contribution is 2.47.